The molecule has 2 rings (SSSR count). The molecule has 0 spiro atoms. The lowest BCUT2D eigenvalue weighted by Crippen LogP contribution is -2.37. The fourth-order valence-corrected chi connectivity index (χ4v) is 2.91. The van der Waals surface area contributed by atoms with E-state index in [9.17, 15) is 13.2 Å². The van der Waals surface area contributed by atoms with Crippen molar-refractivity contribution < 1.29 is 13.2 Å². The molecule has 1 aromatic carbocycles. The van der Waals surface area contributed by atoms with Crippen LogP contribution in [-0.4, -0.2) is 30.6 Å². The van der Waals surface area contributed by atoms with Crippen LogP contribution in [0.15, 0.2) is 35.5 Å². The smallest absolute Gasteiger partial charge is 0.357 e. The third kappa shape index (κ3) is 8.48. The van der Waals surface area contributed by atoms with Gasteiger partial charge in [-0.05, 0) is 38.1 Å². The van der Waals surface area contributed by atoms with E-state index in [1.54, 1.807) is 11.3 Å². The number of aromatic nitrogens is 1. The van der Waals surface area contributed by atoms with Gasteiger partial charge >= 0.3 is 6.18 Å². The number of alkyl halides is 3. The molecule has 0 aliphatic heterocycles. The number of halogens is 4. The number of hydrogen-bond acceptors (Lipinski definition) is 3. The number of hydrogen-bond donors (Lipinski definition) is 2. The summed E-state index contributed by atoms with van der Waals surface area (Å²) in [7, 11) is 0. The van der Waals surface area contributed by atoms with E-state index in [0.29, 0.717) is 31.2 Å². The normalized spacial score (nSPS) is 11.2. The van der Waals surface area contributed by atoms with Gasteiger partial charge in [-0.15, -0.1) is 35.3 Å². The lowest BCUT2D eigenvalue weighted by Gasteiger charge is -2.08. The number of thiazole rings is 1. The second-order valence-electron chi connectivity index (χ2n) is 5.61. The predicted octanol–water partition coefficient (Wildman–Crippen LogP) is 4.24. The summed E-state index contributed by atoms with van der Waals surface area (Å²) in [6.45, 7) is 5.65. The molecular formula is C19H22F3IN4S. The van der Waals surface area contributed by atoms with Gasteiger partial charge in [-0.25, -0.2) is 4.98 Å². The van der Waals surface area contributed by atoms with Gasteiger partial charge in [-0.2, -0.15) is 13.2 Å². The Hall–Kier alpha value is -1.80. The molecule has 0 saturated heterocycles. The monoisotopic (exact) mass is 522 g/mol. The number of aryl methyl sites for hydroxylation is 1. The van der Waals surface area contributed by atoms with Crippen LogP contribution in [0.3, 0.4) is 0 Å². The average Bonchev–Trinajstić information content (AvgIpc) is 3.03. The van der Waals surface area contributed by atoms with Crippen LogP contribution in [0, 0.1) is 18.8 Å². The van der Waals surface area contributed by atoms with Crippen LogP contribution in [-0.2, 0) is 12.6 Å². The first-order chi connectivity index (χ1) is 12.9. The van der Waals surface area contributed by atoms with Gasteiger partial charge in [0.2, 0.25) is 0 Å². The van der Waals surface area contributed by atoms with Crippen molar-refractivity contribution in [2.75, 3.05) is 19.6 Å². The summed E-state index contributed by atoms with van der Waals surface area (Å²) in [5.41, 5.74) is -0.144. The Bertz CT molecular complexity index is 820. The highest BCUT2D eigenvalue weighted by atomic mass is 127. The lowest BCUT2D eigenvalue weighted by molar-refractivity contribution is -0.137. The summed E-state index contributed by atoms with van der Waals surface area (Å²) < 4.78 is 37.6. The van der Waals surface area contributed by atoms with Crippen LogP contribution in [0.25, 0.3) is 0 Å². The Labute approximate surface area is 184 Å². The quantitative estimate of drug-likeness (QED) is 0.268. The van der Waals surface area contributed by atoms with Crippen LogP contribution in [0.2, 0.25) is 0 Å². The molecule has 0 aliphatic rings. The van der Waals surface area contributed by atoms with Gasteiger partial charge in [0.1, 0.15) is 0 Å². The maximum absolute atomic E-state index is 12.5. The van der Waals surface area contributed by atoms with Crippen molar-refractivity contribution in [3.63, 3.8) is 0 Å². The molecule has 0 saturated carbocycles. The summed E-state index contributed by atoms with van der Waals surface area (Å²) in [6.07, 6.45) is -1.71. The van der Waals surface area contributed by atoms with E-state index in [0.717, 1.165) is 23.6 Å². The fourth-order valence-electron chi connectivity index (χ4n) is 2.14. The van der Waals surface area contributed by atoms with Gasteiger partial charge in [0, 0.05) is 36.1 Å². The van der Waals surface area contributed by atoms with Crippen LogP contribution in [0.1, 0.15) is 27.9 Å². The van der Waals surface area contributed by atoms with Crippen LogP contribution >= 0.6 is 35.3 Å². The number of rotatable bonds is 5. The maximum Gasteiger partial charge on any atom is 0.416 e. The summed E-state index contributed by atoms with van der Waals surface area (Å²) in [5.74, 6) is 6.37. The molecule has 0 unspecified atom stereocenters. The largest absolute Gasteiger partial charge is 0.416 e. The predicted molar refractivity (Wildman–Crippen MR) is 118 cm³/mol. The molecule has 2 aromatic rings. The zero-order valence-electron chi connectivity index (χ0n) is 15.6. The molecule has 0 amide bonds. The van der Waals surface area contributed by atoms with Gasteiger partial charge in [-0.1, -0.05) is 11.8 Å². The van der Waals surface area contributed by atoms with Crippen LogP contribution in [0.4, 0.5) is 13.2 Å². The molecule has 4 nitrogen and oxygen atoms in total. The van der Waals surface area contributed by atoms with Gasteiger partial charge < -0.3 is 10.6 Å². The van der Waals surface area contributed by atoms with E-state index < -0.39 is 11.7 Å². The van der Waals surface area contributed by atoms with Gasteiger partial charge in [-0.3, -0.25) is 4.99 Å². The number of nitrogens with zero attached hydrogens (tertiary/aromatic N) is 2. The van der Waals surface area contributed by atoms with Crippen molar-refractivity contribution in [3.8, 4) is 11.8 Å². The Morgan fingerprint density at radius 1 is 1.21 bits per heavy atom. The van der Waals surface area contributed by atoms with E-state index in [4.69, 9.17) is 0 Å². The summed E-state index contributed by atoms with van der Waals surface area (Å²) >= 11 is 1.66. The molecule has 0 aliphatic carbocycles. The first-order valence-electron chi connectivity index (χ1n) is 8.48. The van der Waals surface area contributed by atoms with Crippen molar-refractivity contribution >= 4 is 41.3 Å². The highest BCUT2D eigenvalue weighted by molar-refractivity contribution is 14.0. The highest BCUT2D eigenvalue weighted by Crippen LogP contribution is 2.28. The second-order valence-corrected chi connectivity index (χ2v) is 6.93. The molecule has 152 valence electrons. The van der Waals surface area contributed by atoms with Crippen molar-refractivity contribution in [2.45, 2.75) is 26.4 Å². The minimum atomic E-state index is -4.33. The number of benzene rings is 1. The number of nitrogens with one attached hydrogen (secondary N) is 2. The third-order valence-corrected chi connectivity index (χ3v) is 4.37. The van der Waals surface area contributed by atoms with E-state index >= 15 is 0 Å². The van der Waals surface area contributed by atoms with Gasteiger partial charge in [0.05, 0.1) is 17.1 Å². The van der Waals surface area contributed by atoms with Crippen LogP contribution in [0.5, 0.6) is 0 Å². The van der Waals surface area contributed by atoms with E-state index in [1.807, 2.05) is 20.0 Å². The SMILES string of the molecule is CCNC(=NCCc1ncc(C)s1)NCC#Cc1ccc(C(F)(F)F)cc1.I. The van der Waals surface area contributed by atoms with E-state index in [1.165, 1.54) is 17.0 Å². The molecule has 1 aromatic heterocycles. The molecular weight excluding hydrogens is 500 g/mol. The summed E-state index contributed by atoms with van der Waals surface area (Å²) in [6, 6.07) is 4.79. The topological polar surface area (TPSA) is 49.3 Å². The highest BCUT2D eigenvalue weighted by Gasteiger charge is 2.29. The van der Waals surface area contributed by atoms with E-state index in [2.05, 4.69) is 32.5 Å². The molecule has 9 heteroatoms. The molecule has 0 fully saturated rings. The second kappa shape index (κ2) is 11.9. The first-order valence-corrected chi connectivity index (χ1v) is 9.29. The number of aliphatic imine (C=N–C) groups is 1. The van der Waals surface area contributed by atoms with Crippen molar-refractivity contribution in [1.82, 2.24) is 15.6 Å². The summed E-state index contributed by atoms with van der Waals surface area (Å²) in [4.78, 5) is 9.95. The Balaban J connectivity index is 0.00000392. The number of guanidine groups is 1. The third-order valence-electron chi connectivity index (χ3n) is 3.40. The van der Waals surface area contributed by atoms with Gasteiger partial charge in [0.25, 0.3) is 0 Å². The first kappa shape index (κ1) is 24.2. The molecule has 2 N–H and O–H groups in total. The zero-order chi connectivity index (χ0) is 19.7. The minimum absolute atomic E-state index is 0. The molecule has 1 heterocycles. The standard InChI is InChI=1S/C19H21F3N4S.HI/c1-3-23-18(25-12-10-17-26-13-14(2)27-17)24-11-4-5-15-6-8-16(9-7-15)19(20,21)22;/h6-9,13H,3,10-12H2,1-2H3,(H2,23,24,25);1H. The Kier molecular flexibility index (Phi) is 10.3. The van der Waals surface area contributed by atoms with Gasteiger partial charge in [0.15, 0.2) is 5.96 Å². The molecule has 28 heavy (non-hydrogen) atoms. The zero-order valence-corrected chi connectivity index (χ0v) is 18.7. The van der Waals surface area contributed by atoms with Crippen molar-refractivity contribution in [2.24, 2.45) is 4.99 Å². The van der Waals surface area contributed by atoms with Crippen molar-refractivity contribution in [1.29, 1.82) is 0 Å². The molecule has 0 radical (unpaired) electrons. The average molecular weight is 522 g/mol. The lowest BCUT2D eigenvalue weighted by atomic mass is 10.1. The summed E-state index contributed by atoms with van der Waals surface area (Å²) in [5, 5.41) is 7.26. The van der Waals surface area contributed by atoms with E-state index in [-0.39, 0.29) is 24.0 Å². The fraction of sp³-hybridized carbons (Fsp3) is 0.368. The minimum Gasteiger partial charge on any atom is -0.357 e. The van der Waals surface area contributed by atoms with Crippen molar-refractivity contribution in [3.05, 3.63) is 51.5 Å². The molecule has 0 bridgehead atoms. The molecule has 0 atom stereocenters. The Morgan fingerprint density at radius 3 is 2.50 bits per heavy atom. The van der Waals surface area contributed by atoms with Crippen LogP contribution < -0.4 is 10.6 Å². The Morgan fingerprint density at radius 2 is 1.93 bits per heavy atom. The maximum atomic E-state index is 12.5.